The summed E-state index contributed by atoms with van der Waals surface area (Å²) in [6, 6.07) is 0. The second-order valence-electron chi connectivity index (χ2n) is 1.74. The monoisotopic (exact) mass is 131 g/mol. The second kappa shape index (κ2) is 5.53. The van der Waals surface area contributed by atoms with Gasteiger partial charge in [0.05, 0.1) is 0 Å². The number of hydroxylamine groups is 1. The van der Waals surface area contributed by atoms with Gasteiger partial charge in [-0.1, -0.05) is 13.3 Å². The van der Waals surface area contributed by atoms with E-state index in [1.807, 2.05) is 0 Å². The van der Waals surface area contributed by atoms with Crippen molar-refractivity contribution >= 4 is 6.34 Å². The van der Waals surface area contributed by atoms with E-state index in [1.165, 1.54) is 0 Å². The smallest absolute Gasteiger partial charge is 0.126 e. The molecule has 0 aliphatic rings. The molecule has 4 heteroatoms. The second-order valence-corrected chi connectivity index (χ2v) is 1.74. The maximum atomic E-state index is 8.56. The van der Waals surface area contributed by atoms with Crippen molar-refractivity contribution < 1.29 is 5.21 Å². The fourth-order valence-corrected chi connectivity index (χ4v) is 0.416. The molecule has 0 radical (unpaired) electrons. The third-order valence-electron chi connectivity index (χ3n) is 0.926. The maximum absolute atomic E-state index is 8.56. The Balaban J connectivity index is 2.96. The first-order valence-corrected chi connectivity index (χ1v) is 3.03. The van der Waals surface area contributed by atoms with E-state index in [0.29, 0.717) is 11.7 Å². The Morgan fingerprint density at radius 2 is 2.44 bits per heavy atom. The van der Waals surface area contributed by atoms with Crippen molar-refractivity contribution in [2.75, 3.05) is 6.54 Å². The van der Waals surface area contributed by atoms with Gasteiger partial charge < -0.3 is 0 Å². The molecule has 0 atom stereocenters. The number of nitrogens with one attached hydrogen (secondary N) is 2. The van der Waals surface area contributed by atoms with Gasteiger partial charge in [-0.3, -0.25) is 10.6 Å². The molecule has 0 aromatic carbocycles. The van der Waals surface area contributed by atoms with Crippen LogP contribution in [0.1, 0.15) is 19.8 Å². The van der Waals surface area contributed by atoms with Crippen LogP contribution in [-0.4, -0.2) is 23.3 Å². The van der Waals surface area contributed by atoms with Gasteiger partial charge in [-0.15, -0.1) is 0 Å². The van der Waals surface area contributed by atoms with Gasteiger partial charge in [0, 0.05) is 6.54 Å². The topological polar surface area (TPSA) is 59.4 Å². The average molecular weight is 131 g/mol. The highest BCUT2D eigenvalue weighted by molar-refractivity contribution is 5.47. The number of hydrazine groups is 1. The van der Waals surface area contributed by atoms with Crippen molar-refractivity contribution in [3.8, 4) is 0 Å². The number of rotatable bonds is 5. The molecule has 3 N–H and O–H groups in total. The first kappa shape index (κ1) is 8.39. The lowest BCUT2D eigenvalue weighted by atomic mass is 10.3. The van der Waals surface area contributed by atoms with Gasteiger partial charge in [0.2, 0.25) is 0 Å². The summed E-state index contributed by atoms with van der Waals surface area (Å²) in [5.41, 5.74) is 2.58. The molecule has 0 fully saturated rings. The lowest BCUT2D eigenvalue weighted by Gasteiger charge is -2.09. The average Bonchev–Trinajstić information content (AvgIpc) is 1.89. The molecule has 0 unspecified atom stereocenters. The SMILES string of the molecule is CCCCNN(O)C=N. The Morgan fingerprint density at radius 1 is 1.78 bits per heavy atom. The zero-order valence-corrected chi connectivity index (χ0v) is 5.59. The normalized spacial score (nSPS) is 9.11. The highest BCUT2D eigenvalue weighted by atomic mass is 16.5. The standard InChI is InChI=1S/C5H13N3O/c1-2-3-4-7-8(9)5-6/h5-7,9H,2-4H2,1H3. The summed E-state index contributed by atoms with van der Waals surface area (Å²) in [4.78, 5) is 0. The first-order chi connectivity index (χ1) is 4.31. The summed E-state index contributed by atoms with van der Waals surface area (Å²) in [6.45, 7) is 2.77. The highest BCUT2D eigenvalue weighted by Gasteiger charge is 1.87. The molecule has 0 aromatic rings. The summed E-state index contributed by atoms with van der Waals surface area (Å²) >= 11 is 0. The zero-order chi connectivity index (χ0) is 7.11. The quantitative estimate of drug-likeness (QED) is 0.221. The van der Waals surface area contributed by atoms with E-state index in [2.05, 4.69) is 12.3 Å². The van der Waals surface area contributed by atoms with Crippen molar-refractivity contribution in [1.29, 1.82) is 5.41 Å². The van der Waals surface area contributed by atoms with E-state index < -0.39 is 0 Å². The molecule has 0 aromatic heterocycles. The van der Waals surface area contributed by atoms with Crippen LogP contribution in [0.2, 0.25) is 0 Å². The number of nitrogens with zero attached hydrogens (tertiary/aromatic N) is 1. The molecule has 54 valence electrons. The lowest BCUT2D eigenvalue weighted by Crippen LogP contribution is -2.33. The molecule has 0 spiro atoms. The van der Waals surface area contributed by atoms with Crippen LogP contribution in [0.4, 0.5) is 0 Å². The molecule has 0 heterocycles. The summed E-state index contributed by atoms with van der Waals surface area (Å²) in [6.07, 6.45) is 2.90. The Hall–Kier alpha value is -0.610. The summed E-state index contributed by atoms with van der Waals surface area (Å²) < 4.78 is 0. The number of hydrogen-bond donors (Lipinski definition) is 3. The zero-order valence-electron chi connectivity index (χ0n) is 5.59. The minimum atomic E-state index is 0.648. The van der Waals surface area contributed by atoms with Gasteiger partial charge in [-0.05, 0) is 6.42 Å². The summed E-state index contributed by atoms with van der Waals surface area (Å²) in [5, 5.41) is 15.7. The van der Waals surface area contributed by atoms with Crippen LogP contribution in [0.15, 0.2) is 0 Å². The van der Waals surface area contributed by atoms with Crippen molar-refractivity contribution in [3.63, 3.8) is 0 Å². The predicted molar refractivity (Wildman–Crippen MR) is 35.3 cm³/mol. The molecule has 0 aliphatic carbocycles. The molecule has 9 heavy (non-hydrogen) atoms. The summed E-state index contributed by atoms with van der Waals surface area (Å²) in [7, 11) is 0. The Labute approximate surface area is 54.9 Å². The van der Waals surface area contributed by atoms with Gasteiger partial charge in [-0.25, -0.2) is 5.43 Å². The maximum Gasteiger partial charge on any atom is 0.126 e. The number of hydrogen-bond acceptors (Lipinski definition) is 3. The molecule has 0 saturated carbocycles. The Morgan fingerprint density at radius 3 is 2.89 bits per heavy atom. The molecule has 0 rings (SSSR count). The third-order valence-corrected chi connectivity index (χ3v) is 0.926. The largest absolute Gasteiger partial charge is 0.288 e. The minimum Gasteiger partial charge on any atom is -0.288 e. The Bertz CT molecular complexity index is 76.6. The molecule has 0 bridgehead atoms. The van der Waals surface area contributed by atoms with E-state index in [0.717, 1.165) is 19.2 Å². The molecule has 4 nitrogen and oxygen atoms in total. The van der Waals surface area contributed by atoms with Crippen molar-refractivity contribution in [2.24, 2.45) is 0 Å². The van der Waals surface area contributed by atoms with E-state index in [-0.39, 0.29) is 0 Å². The summed E-state index contributed by atoms with van der Waals surface area (Å²) in [5.74, 6) is 0. The number of unbranched alkanes of at least 4 members (excludes halogenated alkanes) is 1. The molecular formula is C5H13N3O. The van der Waals surface area contributed by atoms with E-state index in [1.54, 1.807) is 0 Å². The molecular weight excluding hydrogens is 118 g/mol. The van der Waals surface area contributed by atoms with Crippen LogP contribution in [0.25, 0.3) is 0 Å². The fraction of sp³-hybridized carbons (Fsp3) is 0.800. The van der Waals surface area contributed by atoms with Crippen LogP contribution in [0.5, 0.6) is 0 Å². The van der Waals surface area contributed by atoms with Crippen LogP contribution < -0.4 is 5.43 Å². The molecule has 0 saturated heterocycles. The van der Waals surface area contributed by atoms with Crippen molar-refractivity contribution in [3.05, 3.63) is 0 Å². The van der Waals surface area contributed by atoms with Gasteiger partial charge in [0.15, 0.2) is 0 Å². The van der Waals surface area contributed by atoms with Gasteiger partial charge in [-0.2, -0.15) is 5.17 Å². The van der Waals surface area contributed by atoms with Crippen LogP contribution in [0, 0.1) is 5.41 Å². The first-order valence-electron chi connectivity index (χ1n) is 3.03. The third kappa shape index (κ3) is 5.26. The predicted octanol–water partition coefficient (Wildman–Crippen LogP) is 0.589. The van der Waals surface area contributed by atoms with Crippen LogP contribution in [-0.2, 0) is 0 Å². The fourth-order valence-electron chi connectivity index (χ4n) is 0.416. The van der Waals surface area contributed by atoms with E-state index in [9.17, 15) is 0 Å². The van der Waals surface area contributed by atoms with E-state index in [4.69, 9.17) is 10.6 Å². The Kier molecular flexibility index (Phi) is 5.15. The van der Waals surface area contributed by atoms with Crippen molar-refractivity contribution in [1.82, 2.24) is 10.6 Å². The highest BCUT2D eigenvalue weighted by Crippen LogP contribution is 1.81. The van der Waals surface area contributed by atoms with Crippen LogP contribution >= 0.6 is 0 Å². The van der Waals surface area contributed by atoms with Crippen LogP contribution in [0.3, 0.4) is 0 Å². The van der Waals surface area contributed by atoms with Gasteiger partial charge >= 0.3 is 0 Å². The molecule has 0 amide bonds. The van der Waals surface area contributed by atoms with E-state index >= 15 is 0 Å². The van der Waals surface area contributed by atoms with Gasteiger partial charge in [0.1, 0.15) is 6.34 Å². The van der Waals surface area contributed by atoms with Gasteiger partial charge in [0.25, 0.3) is 0 Å². The lowest BCUT2D eigenvalue weighted by molar-refractivity contribution is -0.0575. The van der Waals surface area contributed by atoms with Crippen molar-refractivity contribution in [2.45, 2.75) is 19.8 Å². The molecule has 0 aliphatic heterocycles. The minimum absolute atomic E-state index is 0.648.